The predicted octanol–water partition coefficient (Wildman–Crippen LogP) is 2.59. The molecule has 1 aliphatic heterocycles. The minimum atomic E-state index is -0.308. The molecule has 112 valence electrons. The number of hydrogen-bond acceptors (Lipinski definition) is 3. The predicted molar refractivity (Wildman–Crippen MR) is 80.9 cm³/mol. The zero-order valence-corrected chi connectivity index (χ0v) is 12.5. The summed E-state index contributed by atoms with van der Waals surface area (Å²) in [4.78, 5) is 13.9. The van der Waals surface area contributed by atoms with Gasteiger partial charge in [0.05, 0.1) is 6.54 Å². The molecule has 0 N–H and O–H groups in total. The minimum Gasteiger partial charge on any atom is -0.445 e. The molecule has 2 heterocycles. The number of ether oxygens (including phenoxy) is 1. The third-order valence-corrected chi connectivity index (χ3v) is 4.01. The second kappa shape index (κ2) is 5.94. The molecule has 0 unspecified atom stereocenters. The summed E-state index contributed by atoms with van der Waals surface area (Å²) in [6, 6.07) is 13.7. The number of nitriles is 1. The molecular formula is C17H17N3O2. The van der Waals surface area contributed by atoms with E-state index in [0.29, 0.717) is 18.8 Å². The molecule has 0 aliphatic carbocycles. The largest absolute Gasteiger partial charge is 0.445 e. The van der Waals surface area contributed by atoms with Crippen molar-refractivity contribution in [1.82, 2.24) is 9.47 Å². The molecule has 5 heteroatoms. The average Bonchev–Trinajstić information content (AvgIpc) is 2.89. The van der Waals surface area contributed by atoms with Crippen molar-refractivity contribution >= 4 is 6.09 Å². The molecule has 2 aromatic rings. The average molecular weight is 295 g/mol. The van der Waals surface area contributed by atoms with Gasteiger partial charge in [0.2, 0.25) is 0 Å². The molecule has 22 heavy (non-hydrogen) atoms. The summed E-state index contributed by atoms with van der Waals surface area (Å²) in [7, 11) is 1.89. The third kappa shape index (κ3) is 2.68. The normalized spacial score (nSPS) is 13.4. The first-order valence-corrected chi connectivity index (χ1v) is 7.22. The number of carbonyl (C=O) groups excluding carboxylic acids is 1. The van der Waals surface area contributed by atoms with Gasteiger partial charge in [0.15, 0.2) is 0 Å². The van der Waals surface area contributed by atoms with Crippen LogP contribution in [0.4, 0.5) is 4.79 Å². The number of rotatable bonds is 2. The molecule has 3 rings (SSSR count). The first-order valence-electron chi connectivity index (χ1n) is 7.22. The quantitative estimate of drug-likeness (QED) is 0.855. The van der Waals surface area contributed by atoms with Gasteiger partial charge in [-0.2, -0.15) is 5.26 Å². The van der Waals surface area contributed by atoms with E-state index in [2.05, 4.69) is 6.07 Å². The molecule has 0 saturated carbocycles. The zero-order chi connectivity index (χ0) is 15.5. The fourth-order valence-electron chi connectivity index (χ4n) is 2.77. The molecule has 1 amide bonds. The van der Waals surface area contributed by atoms with E-state index in [9.17, 15) is 4.79 Å². The van der Waals surface area contributed by atoms with Crippen molar-refractivity contribution in [3.63, 3.8) is 0 Å². The number of carbonyl (C=O) groups is 1. The van der Waals surface area contributed by atoms with E-state index in [1.165, 1.54) is 0 Å². The van der Waals surface area contributed by atoms with Crippen LogP contribution in [-0.4, -0.2) is 22.1 Å². The SMILES string of the molecule is Cn1c(C#N)cc2c1CCN(C(=O)OCc1ccccc1)C2. The summed E-state index contributed by atoms with van der Waals surface area (Å²) >= 11 is 0. The van der Waals surface area contributed by atoms with Gasteiger partial charge in [0, 0.05) is 25.7 Å². The van der Waals surface area contributed by atoms with Crippen LogP contribution in [0.15, 0.2) is 36.4 Å². The van der Waals surface area contributed by atoms with Crippen LogP contribution in [0, 0.1) is 11.3 Å². The fraction of sp³-hybridized carbons (Fsp3) is 0.294. The Morgan fingerprint density at radius 1 is 1.36 bits per heavy atom. The van der Waals surface area contributed by atoms with Gasteiger partial charge in [0.25, 0.3) is 0 Å². The first-order chi connectivity index (χ1) is 10.7. The van der Waals surface area contributed by atoms with Crippen LogP contribution in [0.2, 0.25) is 0 Å². The Hall–Kier alpha value is -2.74. The molecule has 0 atom stereocenters. The second-order valence-electron chi connectivity index (χ2n) is 5.38. The number of benzene rings is 1. The highest BCUT2D eigenvalue weighted by Crippen LogP contribution is 2.22. The Balaban J connectivity index is 1.64. The van der Waals surface area contributed by atoms with Crippen LogP contribution < -0.4 is 0 Å². The topological polar surface area (TPSA) is 58.3 Å². The summed E-state index contributed by atoms with van der Waals surface area (Å²) < 4.78 is 7.27. The van der Waals surface area contributed by atoms with Gasteiger partial charge >= 0.3 is 6.09 Å². The molecule has 0 radical (unpaired) electrons. The van der Waals surface area contributed by atoms with Crippen LogP contribution in [-0.2, 0) is 31.4 Å². The second-order valence-corrected chi connectivity index (χ2v) is 5.38. The van der Waals surface area contributed by atoms with Crippen molar-refractivity contribution in [1.29, 1.82) is 5.26 Å². The van der Waals surface area contributed by atoms with Crippen LogP contribution in [0.3, 0.4) is 0 Å². The Labute approximate surface area is 129 Å². The van der Waals surface area contributed by atoms with Crippen molar-refractivity contribution in [2.75, 3.05) is 6.54 Å². The summed E-state index contributed by atoms with van der Waals surface area (Å²) in [5.74, 6) is 0. The molecule has 0 fully saturated rings. The first kappa shape index (κ1) is 14.2. The van der Waals surface area contributed by atoms with E-state index < -0.39 is 0 Å². The number of aromatic nitrogens is 1. The molecule has 0 spiro atoms. The van der Waals surface area contributed by atoms with Crippen LogP contribution in [0.25, 0.3) is 0 Å². The summed E-state index contributed by atoms with van der Waals surface area (Å²) in [5.41, 5.74) is 3.76. The van der Waals surface area contributed by atoms with Crippen LogP contribution in [0.5, 0.6) is 0 Å². The highest BCUT2D eigenvalue weighted by Gasteiger charge is 2.25. The van der Waals surface area contributed by atoms with Crippen molar-refractivity contribution in [2.24, 2.45) is 7.05 Å². The molecular weight excluding hydrogens is 278 g/mol. The van der Waals surface area contributed by atoms with Crippen LogP contribution in [0.1, 0.15) is 22.5 Å². The van der Waals surface area contributed by atoms with Gasteiger partial charge in [-0.05, 0) is 17.2 Å². The molecule has 5 nitrogen and oxygen atoms in total. The number of nitrogens with zero attached hydrogens (tertiary/aromatic N) is 3. The standard InChI is InChI=1S/C17H17N3O2/c1-19-15(10-18)9-14-11-20(8-7-16(14)19)17(21)22-12-13-5-3-2-4-6-13/h2-6,9H,7-8,11-12H2,1H3. The lowest BCUT2D eigenvalue weighted by Gasteiger charge is -2.27. The van der Waals surface area contributed by atoms with Gasteiger partial charge in [-0.1, -0.05) is 30.3 Å². The molecule has 0 saturated heterocycles. The highest BCUT2D eigenvalue weighted by atomic mass is 16.6. The Kier molecular flexibility index (Phi) is 3.84. The van der Waals surface area contributed by atoms with Gasteiger partial charge in [0.1, 0.15) is 18.4 Å². The smallest absolute Gasteiger partial charge is 0.410 e. The van der Waals surface area contributed by atoms with Crippen molar-refractivity contribution in [2.45, 2.75) is 19.6 Å². The summed E-state index contributed by atoms with van der Waals surface area (Å²) in [6.45, 7) is 1.39. The Morgan fingerprint density at radius 2 is 2.14 bits per heavy atom. The lowest BCUT2D eigenvalue weighted by Crippen LogP contribution is -2.36. The minimum absolute atomic E-state index is 0.279. The maximum Gasteiger partial charge on any atom is 0.410 e. The van der Waals surface area contributed by atoms with E-state index in [0.717, 1.165) is 23.2 Å². The zero-order valence-electron chi connectivity index (χ0n) is 12.5. The molecule has 1 aromatic heterocycles. The van der Waals surface area contributed by atoms with Crippen molar-refractivity contribution in [3.05, 3.63) is 58.9 Å². The number of fused-ring (bicyclic) bond motifs is 1. The van der Waals surface area contributed by atoms with Crippen LogP contribution >= 0.6 is 0 Å². The maximum absolute atomic E-state index is 12.2. The molecule has 1 aliphatic rings. The highest BCUT2D eigenvalue weighted by molar-refractivity contribution is 5.68. The number of amides is 1. The number of hydrogen-bond donors (Lipinski definition) is 0. The Bertz CT molecular complexity index is 728. The van der Waals surface area contributed by atoms with Gasteiger partial charge < -0.3 is 14.2 Å². The van der Waals surface area contributed by atoms with E-state index in [1.807, 2.05) is 48.0 Å². The molecule has 1 aromatic carbocycles. The van der Waals surface area contributed by atoms with Gasteiger partial charge in [-0.15, -0.1) is 0 Å². The van der Waals surface area contributed by atoms with Crippen molar-refractivity contribution in [3.8, 4) is 6.07 Å². The lowest BCUT2D eigenvalue weighted by atomic mass is 10.1. The van der Waals surface area contributed by atoms with Gasteiger partial charge in [-0.25, -0.2) is 4.79 Å². The van der Waals surface area contributed by atoms with Crippen molar-refractivity contribution < 1.29 is 9.53 Å². The van der Waals surface area contributed by atoms with Gasteiger partial charge in [-0.3, -0.25) is 0 Å². The maximum atomic E-state index is 12.2. The fourth-order valence-corrected chi connectivity index (χ4v) is 2.77. The third-order valence-electron chi connectivity index (χ3n) is 4.01. The summed E-state index contributed by atoms with van der Waals surface area (Å²) in [5, 5.41) is 9.08. The monoisotopic (exact) mass is 295 g/mol. The lowest BCUT2D eigenvalue weighted by molar-refractivity contribution is 0.0916. The van der Waals surface area contributed by atoms with E-state index >= 15 is 0 Å². The van der Waals surface area contributed by atoms with E-state index in [-0.39, 0.29) is 12.7 Å². The Morgan fingerprint density at radius 3 is 2.86 bits per heavy atom. The summed E-state index contributed by atoms with van der Waals surface area (Å²) in [6.07, 6.45) is 0.436. The molecule has 0 bridgehead atoms. The van der Waals surface area contributed by atoms with E-state index in [4.69, 9.17) is 10.00 Å². The van der Waals surface area contributed by atoms with E-state index in [1.54, 1.807) is 4.90 Å².